The van der Waals surface area contributed by atoms with Crippen molar-refractivity contribution in [1.29, 1.82) is 0 Å². The van der Waals surface area contributed by atoms with Crippen LogP contribution in [-0.2, 0) is 14.2 Å². The maximum absolute atomic E-state index is 5.95. The lowest BCUT2D eigenvalue weighted by atomic mass is 10.1. The van der Waals surface area contributed by atoms with Gasteiger partial charge in [0.2, 0.25) is 0 Å². The fourth-order valence-corrected chi connectivity index (χ4v) is 3.58. The van der Waals surface area contributed by atoms with Gasteiger partial charge in [0.1, 0.15) is 6.10 Å². The van der Waals surface area contributed by atoms with Crippen LogP contribution in [0.25, 0.3) is 0 Å². The van der Waals surface area contributed by atoms with Crippen molar-refractivity contribution in [2.45, 2.75) is 38.1 Å². The molecule has 0 amide bonds. The first-order chi connectivity index (χ1) is 11.8. The highest BCUT2D eigenvalue weighted by Crippen LogP contribution is 2.21. The SMILES string of the molecule is CCNC(=NCC1CN(C)CCO1)N1CCOC(C2CCCO2)C1.I. The minimum absolute atomic E-state index is 0. The van der Waals surface area contributed by atoms with E-state index >= 15 is 0 Å². The normalized spacial score (nSPS) is 31.7. The molecule has 3 saturated heterocycles. The van der Waals surface area contributed by atoms with E-state index in [1.807, 2.05) is 0 Å². The molecule has 3 aliphatic heterocycles. The Hall–Kier alpha value is -0.160. The van der Waals surface area contributed by atoms with Crippen molar-refractivity contribution in [2.24, 2.45) is 4.99 Å². The maximum Gasteiger partial charge on any atom is 0.194 e. The molecule has 0 aliphatic carbocycles. The Kier molecular flexibility index (Phi) is 9.18. The Morgan fingerprint density at radius 2 is 1.88 bits per heavy atom. The molecule has 0 aromatic rings. The quantitative estimate of drug-likeness (QED) is 0.374. The first kappa shape index (κ1) is 21.1. The summed E-state index contributed by atoms with van der Waals surface area (Å²) in [5, 5.41) is 3.42. The molecule has 0 aromatic heterocycles. The van der Waals surface area contributed by atoms with Gasteiger partial charge in [-0.1, -0.05) is 0 Å². The predicted octanol–water partition coefficient (Wildman–Crippen LogP) is 0.780. The van der Waals surface area contributed by atoms with E-state index in [1.54, 1.807) is 0 Å². The minimum atomic E-state index is 0. The zero-order valence-electron chi connectivity index (χ0n) is 15.5. The number of nitrogens with zero attached hydrogens (tertiary/aromatic N) is 3. The van der Waals surface area contributed by atoms with Gasteiger partial charge in [-0.2, -0.15) is 0 Å². The zero-order chi connectivity index (χ0) is 16.8. The molecule has 7 nitrogen and oxygen atoms in total. The molecular weight excluding hydrogens is 435 g/mol. The van der Waals surface area contributed by atoms with Crippen LogP contribution in [0.15, 0.2) is 4.99 Å². The largest absolute Gasteiger partial charge is 0.375 e. The Morgan fingerprint density at radius 1 is 1.08 bits per heavy atom. The lowest BCUT2D eigenvalue weighted by Crippen LogP contribution is -2.53. The summed E-state index contributed by atoms with van der Waals surface area (Å²) >= 11 is 0. The summed E-state index contributed by atoms with van der Waals surface area (Å²) in [4.78, 5) is 9.46. The molecule has 0 aromatic carbocycles. The Labute approximate surface area is 168 Å². The number of halogens is 1. The number of aliphatic imine (C=N–C) groups is 1. The monoisotopic (exact) mass is 468 g/mol. The first-order valence-electron chi connectivity index (χ1n) is 9.33. The van der Waals surface area contributed by atoms with Crippen molar-refractivity contribution < 1.29 is 14.2 Å². The number of rotatable bonds is 4. The van der Waals surface area contributed by atoms with Gasteiger partial charge in [-0.25, -0.2) is 0 Å². The molecule has 25 heavy (non-hydrogen) atoms. The van der Waals surface area contributed by atoms with Crippen molar-refractivity contribution in [3.05, 3.63) is 0 Å². The van der Waals surface area contributed by atoms with Crippen LogP contribution < -0.4 is 5.32 Å². The summed E-state index contributed by atoms with van der Waals surface area (Å²) in [6.45, 7) is 9.76. The van der Waals surface area contributed by atoms with E-state index < -0.39 is 0 Å². The van der Waals surface area contributed by atoms with Gasteiger partial charge in [-0.15, -0.1) is 24.0 Å². The van der Waals surface area contributed by atoms with Gasteiger partial charge in [-0.05, 0) is 26.8 Å². The third kappa shape index (κ3) is 6.20. The summed E-state index contributed by atoms with van der Waals surface area (Å²) in [6, 6.07) is 0. The van der Waals surface area contributed by atoms with Gasteiger partial charge >= 0.3 is 0 Å². The number of hydrogen-bond acceptors (Lipinski definition) is 5. The van der Waals surface area contributed by atoms with Crippen molar-refractivity contribution >= 4 is 29.9 Å². The molecule has 0 spiro atoms. The first-order valence-corrected chi connectivity index (χ1v) is 9.33. The van der Waals surface area contributed by atoms with Crippen LogP contribution in [0.2, 0.25) is 0 Å². The van der Waals surface area contributed by atoms with Gasteiger partial charge in [-0.3, -0.25) is 4.99 Å². The van der Waals surface area contributed by atoms with Crippen LogP contribution in [0.1, 0.15) is 19.8 Å². The van der Waals surface area contributed by atoms with E-state index in [-0.39, 0.29) is 42.3 Å². The average molecular weight is 468 g/mol. The summed E-state index contributed by atoms with van der Waals surface area (Å²) in [6.07, 6.45) is 2.83. The van der Waals surface area contributed by atoms with Crippen LogP contribution in [0.3, 0.4) is 0 Å². The Morgan fingerprint density at radius 3 is 2.60 bits per heavy atom. The van der Waals surface area contributed by atoms with Gasteiger partial charge in [0.15, 0.2) is 5.96 Å². The van der Waals surface area contributed by atoms with Crippen LogP contribution in [-0.4, -0.2) is 100 Å². The fraction of sp³-hybridized carbons (Fsp3) is 0.941. The van der Waals surface area contributed by atoms with E-state index in [4.69, 9.17) is 19.2 Å². The van der Waals surface area contributed by atoms with Gasteiger partial charge in [0.05, 0.1) is 32.0 Å². The Balaban J connectivity index is 0.00000225. The highest BCUT2D eigenvalue weighted by atomic mass is 127. The molecule has 0 saturated carbocycles. The third-order valence-corrected chi connectivity index (χ3v) is 4.89. The van der Waals surface area contributed by atoms with Gasteiger partial charge < -0.3 is 29.3 Å². The van der Waals surface area contributed by atoms with E-state index in [1.165, 1.54) is 0 Å². The molecule has 3 rings (SSSR count). The second-order valence-electron chi connectivity index (χ2n) is 6.86. The maximum atomic E-state index is 5.95. The minimum Gasteiger partial charge on any atom is -0.375 e. The average Bonchev–Trinajstić information content (AvgIpc) is 3.13. The number of ether oxygens (including phenoxy) is 3. The molecule has 0 radical (unpaired) electrons. The van der Waals surface area contributed by atoms with E-state index in [0.717, 1.165) is 71.3 Å². The third-order valence-electron chi connectivity index (χ3n) is 4.89. The topological polar surface area (TPSA) is 58.6 Å². The summed E-state index contributed by atoms with van der Waals surface area (Å²) in [5.41, 5.74) is 0. The van der Waals surface area contributed by atoms with E-state index in [9.17, 15) is 0 Å². The van der Waals surface area contributed by atoms with Crippen molar-refractivity contribution in [1.82, 2.24) is 15.1 Å². The van der Waals surface area contributed by atoms with Crippen LogP contribution >= 0.6 is 24.0 Å². The summed E-state index contributed by atoms with van der Waals surface area (Å²) in [5.74, 6) is 0.973. The van der Waals surface area contributed by atoms with Gasteiger partial charge in [0, 0.05) is 39.3 Å². The van der Waals surface area contributed by atoms with Gasteiger partial charge in [0.25, 0.3) is 0 Å². The second kappa shape index (κ2) is 10.9. The smallest absolute Gasteiger partial charge is 0.194 e. The molecule has 3 unspecified atom stereocenters. The molecule has 1 N–H and O–H groups in total. The zero-order valence-corrected chi connectivity index (χ0v) is 17.8. The van der Waals surface area contributed by atoms with Crippen molar-refractivity contribution in [2.75, 3.05) is 66.1 Å². The van der Waals surface area contributed by atoms with Crippen molar-refractivity contribution in [3.8, 4) is 0 Å². The van der Waals surface area contributed by atoms with Crippen molar-refractivity contribution in [3.63, 3.8) is 0 Å². The molecular formula is C17H33IN4O3. The fourth-order valence-electron chi connectivity index (χ4n) is 3.58. The van der Waals surface area contributed by atoms with E-state index in [0.29, 0.717) is 6.54 Å². The highest BCUT2D eigenvalue weighted by Gasteiger charge is 2.32. The molecule has 3 aliphatic rings. The van der Waals surface area contributed by atoms with Crippen LogP contribution in [0.4, 0.5) is 0 Å². The lowest BCUT2D eigenvalue weighted by Gasteiger charge is -2.37. The number of likely N-dealkylation sites (N-methyl/N-ethyl adjacent to an activating group) is 1. The number of hydrogen-bond donors (Lipinski definition) is 1. The molecule has 0 bridgehead atoms. The summed E-state index contributed by atoms with van der Waals surface area (Å²) in [7, 11) is 2.14. The predicted molar refractivity (Wildman–Crippen MR) is 109 cm³/mol. The van der Waals surface area contributed by atoms with E-state index in [2.05, 4.69) is 29.1 Å². The molecule has 3 atom stereocenters. The standard InChI is InChI=1S/C17H32N4O3.HI/c1-3-18-17(19-11-14-12-20(2)6-9-22-14)21-7-10-24-16(13-21)15-5-4-8-23-15;/h14-16H,3-13H2,1-2H3,(H,18,19);1H. The molecule has 3 fully saturated rings. The molecule has 8 heteroatoms. The van der Waals surface area contributed by atoms with Crippen LogP contribution in [0, 0.1) is 0 Å². The molecule has 146 valence electrons. The molecule has 3 heterocycles. The van der Waals surface area contributed by atoms with Crippen LogP contribution in [0.5, 0.6) is 0 Å². The summed E-state index contributed by atoms with van der Waals surface area (Å²) < 4.78 is 17.6. The number of nitrogens with one attached hydrogen (secondary N) is 1. The number of guanidine groups is 1. The second-order valence-corrected chi connectivity index (χ2v) is 6.86. The Bertz CT molecular complexity index is 421. The highest BCUT2D eigenvalue weighted by molar-refractivity contribution is 14.0. The number of morpholine rings is 2. The lowest BCUT2D eigenvalue weighted by molar-refractivity contribution is -0.0817.